The molecule has 0 atom stereocenters. The van der Waals surface area contributed by atoms with Crippen LogP contribution in [0.3, 0.4) is 0 Å². The van der Waals surface area contributed by atoms with E-state index < -0.39 is 0 Å². The number of rotatable bonds is 2. The molecule has 15 heavy (non-hydrogen) atoms. The summed E-state index contributed by atoms with van der Waals surface area (Å²) in [5.41, 5.74) is 1.50. The molecule has 1 aromatic rings. The minimum atomic E-state index is 0.168. The molecule has 0 aliphatic heterocycles. The third kappa shape index (κ3) is 3.42. The van der Waals surface area contributed by atoms with Crippen molar-refractivity contribution in [1.82, 2.24) is 0 Å². The fourth-order valence-corrected chi connectivity index (χ4v) is 2.61. The lowest BCUT2D eigenvalue weighted by atomic mass is 9.87. The molecule has 0 radical (unpaired) electrons. The van der Waals surface area contributed by atoms with Crippen LogP contribution in [0.25, 0.3) is 0 Å². The third-order valence-corrected chi connectivity index (χ3v) is 2.96. The highest BCUT2D eigenvalue weighted by atomic mass is 127. The zero-order chi connectivity index (χ0) is 11.5. The van der Waals surface area contributed by atoms with Gasteiger partial charge in [-0.2, -0.15) is 0 Å². The van der Waals surface area contributed by atoms with Gasteiger partial charge in [-0.3, -0.25) is 0 Å². The standard InChI is InChI=1S/C13H15IO/c1-5-8-15-10-6-7-11(12(14)9-10)13(2,3)4/h1,6-7,9H,8H2,2-4H3. The number of benzene rings is 1. The maximum atomic E-state index is 5.36. The van der Waals surface area contributed by atoms with E-state index in [1.807, 2.05) is 12.1 Å². The van der Waals surface area contributed by atoms with Gasteiger partial charge in [0.1, 0.15) is 12.4 Å². The highest BCUT2D eigenvalue weighted by molar-refractivity contribution is 14.1. The Labute approximate surface area is 105 Å². The van der Waals surface area contributed by atoms with E-state index in [9.17, 15) is 0 Å². The maximum absolute atomic E-state index is 5.36. The summed E-state index contributed by atoms with van der Waals surface area (Å²) in [6.07, 6.45) is 5.14. The van der Waals surface area contributed by atoms with E-state index in [1.165, 1.54) is 9.13 Å². The number of halogens is 1. The number of hydrogen-bond donors (Lipinski definition) is 0. The van der Waals surface area contributed by atoms with E-state index in [1.54, 1.807) is 0 Å². The summed E-state index contributed by atoms with van der Waals surface area (Å²) in [5, 5.41) is 0. The summed E-state index contributed by atoms with van der Waals surface area (Å²) in [5.74, 6) is 3.29. The summed E-state index contributed by atoms with van der Waals surface area (Å²) in [7, 11) is 0. The van der Waals surface area contributed by atoms with Gasteiger partial charge in [-0.1, -0.05) is 32.8 Å². The van der Waals surface area contributed by atoms with Crippen molar-refractivity contribution in [2.45, 2.75) is 26.2 Å². The largest absolute Gasteiger partial charge is 0.481 e. The van der Waals surface area contributed by atoms with Crippen molar-refractivity contribution in [2.24, 2.45) is 0 Å². The first-order valence-electron chi connectivity index (χ1n) is 4.81. The van der Waals surface area contributed by atoms with Gasteiger partial charge in [0, 0.05) is 3.57 Å². The topological polar surface area (TPSA) is 9.23 Å². The molecule has 0 saturated carbocycles. The van der Waals surface area contributed by atoms with E-state index in [0.29, 0.717) is 6.61 Å². The molecule has 0 fully saturated rings. The first-order chi connectivity index (χ1) is 6.95. The van der Waals surface area contributed by atoms with Gasteiger partial charge in [-0.25, -0.2) is 0 Å². The summed E-state index contributed by atoms with van der Waals surface area (Å²) in [6.45, 7) is 6.93. The molecule has 0 spiro atoms. The molecule has 1 nitrogen and oxygen atoms in total. The Morgan fingerprint density at radius 1 is 1.40 bits per heavy atom. The summed E-state index contributed by atoms with van der Waals surface area (Å²) >= 11 is 2.33. The smallest absolute Gasteiger partial charge is 0.148 e. The van der Waals surface area contributed by atoms with Crippen LogP contribution in [0.1, 0.15) is 26.3 Å². The fraction of sp³-hybridized carbons (Fsp3) is 0.385. The molecule has 0 unspecified atom stereocenters. The lowest BCUT2D eigenvalue weighted by molar-refractivity contribution is 0.369. The van der Waals surface area contributed by atoms with Crippen LogP contribution < -0.4 is 4.74 Å². The minimum Gasteiger partial charge on any atom is -0.481 e. The highest BCUT2D eigenvalue weighted by Gasteiger charge is 2.16. The minimum absolute atomic E-state index is 0.168. The first kappa shape index (κ1) is 12.4. The molecule has 0 aromatic heterocycles. The van der Waals surface area contributed by atoms with Gasteiger partial charge < -0.3 is 4.74 Å². The van der Waals surface area contributed by atoms with Crippen LogP contribution >= 0.6 is 22.6 Å². The van der Waals surface area contributed by atoms with Crippen LogP contribution in [0, 0.1) is 15.9 Å². The van der Waals surface area contributed by atoms with Crippen molar-refractivity contribution < 1.29 is 4.74 Å². The van der Waals surface area contributed by atoms with Gasteiger partial charge in [-0.05, 0) is 45.7 Å². The van der Waals surface area contributed by atoms with E-state index in [0.717, 1.165) is 5.75 Å². The Kier molecular flexibility index (Phi) is 4.04. The molecular formula is C13H15IO. The van der Waals surface area contributed by atoms with Crippen molar-refractivity contribution in [3.8, 4) is 18.1 Å². The van der Waals surface area contributed by atoms with Crippen LogP contribution in [-0.2, 0) is 5.41 Å². The van der Waals surface area contributed by atoms with Crippen molar-refractivity contribution in [3.63, 3.8) is 0 Å². The zero-order valence-electron chi connectivity index (χ0n) is 9.30. The maximum Gasteiger partial charge on any atom is 0.148 e. The van der Waals surface area contributed by atoms with Crippen LogP contribution in [0.5, 0.6) is 5.75 Å². The van der Waals surface area contributed by atoms with Gasteiger partial charge in [0.05, 0.1) is 0 Å². The van der Waals surface area contributed by atoms with E-state index >= 15 is 0 Å². The predicted octanol–water partition coefficient (Wildman–Crippen LogP) is 3.60. The molecule has 1 aromatic carbocycles. The molecule has 2 heteroatoms. The molecule has 0 bridgehead atoms. The summed E-state index contributed by atoms with van der Waals surface area (Å²) in [6, 6.07) is 6.10. The van der Waals surface area contributed by atoms with E-state index in [2.05, 4.69) is 55.3 Å². The number of hydrogen-bond acceptors (Lipinski definition) is 1. The summed E-state index contributed by atoms with van der Waals surface area (Å²) in [4.78, 5) is 0. The van der Waals surface area contributed by atoms with Crippen molar-refractivity contribution in [1.29, 1.82) is 0 Å². The molecule has 0 heterocycles. The quantitative estimate of drug-likeness (QED) is 0.599. The Hall–Kier alpha value is -0.690. The van der Waals surface area contributed by atoms with Crippen LogP contribution in [0.2, 0.25) is 0 Å². The average Bonchev–Trinajstić information content (AvgIpc) is 2.12. The predicted molar refractivity (Wildman–Crippen MR) is 72.2 cm³/mol. The Balaban J connectivity index is 2.94. The SMILES string of the molecule is C#CCOc1ccc(C(C)(C)C)c(I)c1. The van der Waals surface area contributed by atoms with Crippen molar-refractivity contribution in [2.75, 3.05) is 6.61 Å². The van der Waals surface area contributed by atoms with Crippen LogP contribution in [-0.4, -0.2) is 6.61 Å². The molecular weight excluding hydrogens is 299 g/mol. The molecule has 1 rings (SSSR count). The molecule has 0 aliphatic rings. The lowest BCUT2D eigenvalue weighted by Crippen LogP contribution is -2.13. The second-order valence-electron chi connectivity index (χ2n) is 4.38. The van der Waals surface area contributed by atoms with Crippen LogP contribution in [0.15, 0.2) is 18.2 Å². The Bertz CT molecular complexity index is 383. The number of ether oxygens (including phenoxy) is 1. The first-order valence-corrected chi connectivity index (χ1v) is 5.89. The summed E-state index contributed by atoms with van der Waals surface area (Å²) < 4.78 is 6.58. The highest BCUT2D eigenvalue weighted by Crippen LogP contribution is 2.29. The Morgan fingerprint density at radius 3 is 2.53 bits per heavy atom. The van der Waals surface area contributed by atoms with Gasteiger partial charge in [-0.15, -0.1) is 6.42 Å². The molecule has 0 amide bonds. The van der Waals surface area contributed by atoms with Gasteiger partial charge in [0.15, 0.2) is 0 Å². The monoisotopic (exact) mass is 314 g/mol. The normalized spacial score (nSPS) is 10.9. The Morgan fingerprint density at radius 2 is 2.07 bits per heavy atom. The van der Waals surface area contributed by atoms with E-state index in [4.69, 9.17) is 11.2 Å². The van der Waals surface area contributed by atoms with Gasteiger partial charge in [0.2, 0.25) is 0 Å². The molecule has 0 saturated heterocycles. The molecule has 0 aliphatic carbocycles. The van der Waals surface area contributed by atoms with Gasteiger partial charge >= 0.3 is 0 Å². The van der Waals surface area contributed by atoms with E-state index in [-0.39, 0.29) is 5.41 Å². The third-order valence-electron chi connectivity index (χ3n) is 2.07. The lowest BCUT2D eigenvalue weighted by Gasteiger charge is -2.21. The van der Waals surface area contributed by atoms with Crippen molar-refractivity contribution >= 4 is 22.6 Å². The second kappa shape index (κ2) is 4.89. The number of terminal acetylenes is 1. The van der Waals surface area contributed by atoms with Gasteiger partial charge in [0.25, 0.3) is 0 Å². The molecule has 0 N–H and O–H groups in total. The average molecular weight is 314 g/mol. The van der Waals surface area contributed by atoms with Crippen molar-refractivity contribution in [3.05, 3.63) is 27.3 Å². The van der Waals surface area contributed by atoms with Crippen LogP contribution in [0.4, 0.5) is 0 Å². The second-order valence-corrected chi connectivity index (χ2v) is 5.55. The zero-order valence-corrected chi connectivity index (χ0v) is 11.5. The molecule has 80 valence electrons. The fourth-order valence-electron chi connectivity index (χ4n) is 1.32.